The van der Waals surface area contributed by atoms with Crippen LogP contribution in [0.1, 0.15) is 24.8 Å². The number of unbranched alkanes of at least 4 members (excludes halogenated alkanes) is 1. The Hall–Kier alpha value is -1.64. The van der Waals surface area contributed by atoms with Crippen molar-refractivity contribution in [2.45, 2.75) is 19.3 Å². The summed E-state index contributed by atoms with van der Waals surface area (Å²) >= 11 is 0. The maximum absolute atomic E-state index is 8.82. The number of pyridine rings is 1. The number of rotatable bonds is 6. The molecule has 0 aromatic carbocycles. The van der Waals surface area contributed by atoms with Crippen LogP contribution in [0.2, 0.25) is 0 Å². The molecule has 2 rings (SSSR count). The van der Waals surface area contributed by atoms with E-state index in [9.17, 15) is 0 Å². The van der Waals surface area contributed by atoms with Crippen molar-refractivity contribution in [2.75, 3.05) is 46.4 Å². The lowest BCUT2D eigenvalue weighted by atomic mass is 10.3. The van der Waals surface area contributed by atoms with E-state index in [-0.39, 0.29) is 0 Å². The highest BCUT2D eigenvalue weighted by atomic mass is 16.5. The Kier molecular flexibility index (Phi) is 6.45. The van der Waals surface area contributed by atoms with Gasteiger partial charge in [0.2, 0.25) is 5.88 Å². The van der Waals surface area contributed by atoms with Crippen LogP contribution in [0.25, 0.3) is 0 Å². The Morgan fingerprint density at radius 3 is 3.05 bits per heavy atom. The summed E-state index contributed by atoms with van der Waals surface area (Å²) in [6.45, 7) is 6.56. The average Bonchev–Trinajstić information content (AvgIpc) is 2.72. The van der Waals surface area contributed by atoms with Crippen molar-refractivity contribution in [1.29, 1.82) is 5.26 Å². The van der Waals surface area contributed by atoms with Crippen molar-refractivity contribution in [1.82, 2.24) is 14.8 Å². The first kappa shape index (κ1) is 15.7. The van der Waals surface area contributed by atoms with Crippen molar-refractivity contribution in [3.8, 4) is 11.9 Å². The molecule has 0 aliphatic carbocycles. The van der Waals surface area contributed by atoms with E-state index in [1.54, 1.807) is 18.3 Å². The number of hydrogen-bond donors (Lipinski definition) is 0. The zero-order valence-corrected chi connectivity index (χ0v) is 12.8. The summed E-state index contributed by atoms with van der Waals surface area (Å²) in [4.78, 5) is 9.05. The van der Waals surface area contributed by atoms with Crippen molar-refractivity contribution >= 4 is 0 Å². The fourth-order valence-electron chi connectivity index (χ4n) is 2.50. The number of nitrogens with zero attached hydrogens (tertiary/aromatic N) is 4. The van der Waals surface area contributed by atoms with Gasteiger partial charge in [0.25, 0.3) is 0 Å². The summed E-state index contributed by atoms with van der Waals surface area (Å²) in [5.74, 6) is 0.547. The van der Waals surface area contributed by atoms with Gasteiger partial charge in [0.05, 0.1) is 18.2 Å². The Morgan fingerprint density at radius 1 is 1.29 bits per heavy atom. The average molecular weight is 288 g/mol. The molecule has 0 atom stereocenters. The molecule has 1 saturated heterocycles. The van der Waals surface area contributed by atoms with Crippen molar-refractivity contribution < 1.29 is 4.74 Å². The fourth-order valence-corrected chi connectivity index (χ4v) is 2.50. The normalized spacial score (nSPS) is 17.1. The number of nitriles is 1. The number of aromatic nitrogens is 1. The minimum Gasteiger partial charge on any atom is -0.478 e. The van der Waals surface area contributed by atoms with Gasteiger partial charge in [0.15, 0.2) is 0 Å². The molecule has 2 heterocycles. The zero-order valence-electron chi connectivity index (χ0n) is 12.8. The summed E-state index contributed by atoms with van der Waals surface area (Å²) in [6, 6.07) is 5.46. The van der Waals surface area contributed by atoms with Crippen LogP contribution in [0.5, 0.6) is 5.88 Å². The molecule has 1 aromatic rings. The van der Waals surface area contributed by atoms with E-state index in [0.717, 1.165) is 19.4 Å². The minimum atomic E-state index is 0.547. The van der Waals surface area contributed by atoms with Crippen LogP contribution in [-0.2, 0) is 0 Å². The summed E-state index contributed by atoms with van der Waals surface area (Å²) in [6.07, 6.45) is 5.03. The van der Waals surface area contributed by atoms with E-state index < -0.39 is 0 Å². The van der Waals surface area contributed by atoms with Gasteiger partial charge in [0.1, 0.15) is 0 Å². The predicted molar refractivity (Wildman–Crippen MR) is 82.2 cm³/mol. The van der Waals surface area contributed by atoms with Crippen LogP contribution >= 0.6 is 0 Å². The minimum absolute atomic E-state index is 0.547. The van der Waals surface area contributed by atoms with Gasteiger partial charge in [-0.1, -0.05) is 0 Å². The molecule has 0 radical (unpaired) electrons. The molecule has 21 heavy (non-hydrogen) atoms. The van der Waals surface area contributed by atoms with Crippen molar-refractivity contribution in [3.05, 3.63) is 23.9 Å². The molecule has 0 spiro atoms. The third-order valence-electron chi connectivity index (χ3n) is 3.79. The largest absolute Gasteiger partial charge is 0.478 e. The van der Waals surface area contributed by atoms with Gasteiger partial charge in [-0.3, -0.25) is 0 Å². The van der Waals surface area contributed by atoms with Gasteiger partial charge >= 0.3 is 0 Å². The molecule has 1 aliphatic heterocycles. The van der Waals surface area contributed by atoms with Gasteiger partial charge in [-0.2, -0.15) is 5.26 Å². The SMILES string of the molecule is CN1CCCN(CCCCOc2cc(C#N)ccn2)CC1. The Bertz CT molecular complexity index is 472. The Morgan fingerprint density at radius 2 is 2.19 bits per heavy atom. The van der Waals surface area contributed by atoms with Gasteiger partial charge in [0, 0.05) is 25.4 Å². The second-order valence-electron chi connectivity index (χ2n) is 5.55. The summed E-state index contributed by atoms with van der Waals surface area (Å²) in [7, 11) is 2.19. The maximum atomic E-state index is 8.82. The second kappa shape index (κ2) is 8.60. The number of likely N-dealkylation sites (N-methyl/N-ethyl adjacent to an activating group) is 1. The molecule has 1 fully saturated rings. The quantitative estimate of drug-likeness (QED) is 0.746. The monoisotopic (exact) mass is 288 g/mol. The lowest BCUT2D eigenvalue weighted by Crippen LogP contribution is -2.29. The highest BCUT2D eigenvalue weighted by Gasteiger charge is 2.11. The fraction of sp³-hybridized carbons (Fsp3) is 0.625. The molecule has 0 unspecified atom stereocenters. The Labute approximate surface area is 127 Å². The number of hydrogen-bond acceptors (Lipinski definition) is 5. The first-order valence-electron chi connectivity index (χ1n) is 7.68. The highest BCUT2D eigenvalue weighted by Crippen LogP contribution is 2.09. The van der Waals surface area contributed by atoms with Crippen LogP contribution in [0.3, 0.4) is 0 Å². The molecule has 114 valence electrons. The van der Waals surface area contributed by atoms with Crippen LogP contribution in [0, 0.1) is 11.3 Å². The highest BCUT2D eigenvalue weighted by molar-refractivity contribution is 5.31. The molecule has 5 nitrogen and oxygen atoms in total. The van der Waals surface area contributed by atoms with Gasteiger partial charge < -0.3 is 14.5 Å². The molecule has 0 saturated carbocycles. The maximum Gasteiger partial charge on any atom is 0.214 e. The molecular weight excluding hydrogens is 264 g/mol. The lowest BCUT2D eigenvalue weighted by Gasteiger charge is -2.19. The molecule has 0 amide bonds. The first-order valence-corrected chi connectivity index (χ1v) is 7.68. The van der Waals surface area contributed by atoms with E-state index >= 15 is 0 Å². The standard InChI is InChI=1S/C16H24N4O/c1-19-7-4-9-20(11-10-19)8-2-3-12-21-16-13-15(14-17)5-6-18-16/h5-6,13H,2-4,7-12H2,1H3. The second-order valence-corrected chi connectivity index (χ2v) is 5.55. The summed E-state index contributed by atoms with van der Waals surface area (Å²) < 4.78 is 5.59. The lowest BCUT2D eigenvalue weighted by molar-refractivity contribution is 0.250. The topological polar surface area (TPSA) is 52.4 Å². The van der Waals surface area contributed by atoms with Gasteiger partial charge in [-0.25, -0.2) is 4.98 Å². The van der Waals surface area contributed by atoms with Crippen LogP contribution in [-0.4, -0.2) is 61.2 Å². The zero-order chi connectivity index (χ0) is 14.9. The third kappa shape index (κ3) is 5.70. The van der Waals surface area contributed by atoms with Crippen molar-refractivity contribution in [3.63, 3.8) is 0 Å². The smallest absolute Gasteiger partial charge is 0.214 e. The van der Waals surface area contributed by atoms with Crippen LogP contribution < -0.4 is 4.74 Å². The van der Waals surface area contributed by atoms with E-state index in [2.05, 4.69) is 27.9 Å². The van der Waals surface area contributed by atoms with Crippen molar-refractivity contribution in [2.24, 2.45) is 0 Å². The van der Waals surface area contributed by atoms with E-state index in [4.69, 9.17) is 10.00 Å². The van der Waals surface area contributed by atoms with Crippen LogP contribution in [0.4, 0.5) is 0 Å². The van der Waals surface area contributed by atoms with E-state index in [0.29, 0.717) is 18.1 Å². The van der Waals surface area contributed by atoms with Crippen LogP contribution in [0.15, 0.2) is 18.3 Å². The molecule has 0 N–H and O–H groups in total. The summed E-state index contributed by atoms with van der Waals surface area (Å²) in [5.41, 5.74) is 0.591. The predicted octanol–water partition coefficient (Wildman–Crippen LogP) is 1.75. The third-order valence-corrected chi connectivity index (χ3v) is 3.79. The molecule has 5 heteroatoms. The molecule has 0 bridgehead atoms. The van der Waals surface area contributed by atoms with E-state index in [1.807, 2.05) is 0 Å². The Balaban J connectivity index is 1.60. The molecule has 1 aliphatic rings. The van der Waals surface area contributed by atoms with E-state index in [1.165, 1.54) is 32.6 Å². The first-order chi connectivity index (χ1) is 10.3. The summed E-state index contributed by atoms with van der Waals surface area (Å²) in [5, 5.41) is 8.82. The molecule has 1 aromatic heterocycles. The molecular formula is C16H24N4O. The van der Waals surface area contributed by atoms with Gasteiger partial charge in [-0.15, -0.1) is 0 Å². The number of ether oxygens (including phenoxy) is 1. The van der Waals surface area contributed by atoms with Gasteiger partial charge in [-0.05, 0) is 52.0 Å².